The highest BCUT2D eigenvalue weighted by Gasteiger charge is 2.09. The zero-order valence-corrected chi connectivity index (χ0v) is 18.3. The Morgan fingerprint density at radius 2 is 2.16 bits per heavy atom. The summed E-state index contributed by atoms with van der Waals surface area (Å²) in [5.74, 6) is 1.05. The van der Waals surface area contributed by atoms with Crippen LogP contribution < -0.4 is 5.32 Å². The molecule has 25 heavy (non-hydrogen) atoms. The van der Waals surface area contributed by atoms with Crippen molar-refractivity contribution in [1.29, 1.82) is 0 Å². The maximum absolute atomic E-state index is 13.3. The van der Waals surface area contributed by atoms with E-state index < -0.39 is 0 Å². The number of aromatic nitrogens is 1. The number of guanidine groups is 1. The largest absolute Gasteiger partial charge is 0.356 e. The summed E-state index contributed by atoms with van der Waals surface area (Å²) in [5, 5.41) is 6.64. The van der Waals surface area contributed by atoms with Crippen molar-refractivity contribution in [1.82, 2.24) is 15.2 Å². The Labute approximate surface area is 170 Å². The highest BCUT2D eigenvalue weighted by atomic mass is 127. The predicted octanol–water partition coefficient (Wildman–Crippen LogP) is 4.27. The third-order valence-corrected chi connectivity index (χ3v) is 4.80. The average Bonchev–Trinajstić information content (AvgIpc) is 3.00. The molecule has 2 aromatic rings. The molecule has 4 nitrogen and oxygen atoms in total. The fraction of sp³-hybridized carbons (Fsp3) is 0.444. The Bertz CT molecular complexity index is 687. The topological polar surface area (TPSA) is 40.5 Å². The number of thiazole rings is 1. The van der Waals surface area contributed by atoms with Crippen LogP contribution >= 0.6 is 35.3 Å². The molecule has 0 fully saturated rings. The highest BCUT2D eigenvalue weighted by molar-refractivity contribution is 14.0. The van der Waals surface area contributed by atoms with Gasteiger partial charge in [0.1, 0.15) is 5.82 Å². The van der Waals surface area contributed by atoms with Crippen LogP contribution in [0.4, 0.5) is 4.39 Å². The zero-order valence-electron chi connectivity index (χ0n) is 15.1. The smallest absolute Gasteiger partial charge is 0.193 e. The van der Waals surface area contributed by atoms with Gasteiger partial charge in [0.2, 0.25) is 0 Å². The Kier molecular flexibility index (Phi) is 9.34. The molecule has 0 aliphatic carbocycles. The summed E-state index contributed by atoms with van der Waals surface area (Å²) in [6.07, 6.45) is 0.857. The van der Waals surface area contributed by atoms with Gasteiger partial charge in [-0.2, -0.15) is 0 Å². The van der Waals surface area contributed by atoms with Crippen molar-refractivity contribution in [3.05, 3.63) is 51.7 Å². The Balaban J connectivity index is 0.00000312. The average molecular weight is 476 g/mol. The first kappa shape index (κ1) is 21.8. The molecule has 1 aromatic carbocycles. The van der Waals surface area contributed by atoms with Crippen LogP contribution in [0.1, 0.15) is 36.0 Å². The van der Waals surface area contributed by atoms with E-state index in [4.69, 9.17) is 0 Å². The zero-order chi connectivity index (χ0) is 17.5. The summed E-state index contributed by atoms with van der Waals surface area (Å²) in [4.78, 5) is 10.9. The second-order valence-corrected chi connectivity index (χ2v) is 6.93. The van der Waals surface area contributed by atoms with Gasteiger partial charge in [0.25, 0.3) is 0 Å². The van der Waals surface area contributed by atoms with Crippen LogP contribution in [0.15, 0.2) is 34.6 Å². The summed E-state index contributed by atoms with van der Waals surface area (Å²) in [6, 6.07) is 6.64. The lowest BCUT2D eigenvalue weighted by Crippen LogP contribution is -2.39. The van der Waals surface area contributed by atoms with E-state index in [9.17, 15) is 4.39 Å². The van der Waals surface area contributed by atoms with Crippen LogP contribution in [0.5, 0.6) is 0 Å². The molecule has 1 N–H and O–H groups in total. The molecule has 0 atom stereocenters. The van der Waals surface area contributed by atoms with Gasteiger partial charge in [-0.1, -0.05) is 26.0 Å². The van der Waals surface area contributed by atoms with Gasteiger partial charge in [-0.3, -0.25) is 4.99 Å². The molecule has 0 saturated heterocycles. The van der Waals surface area contributed by atoms with E-state index in [2.05, 4.69) is 34.5 Å². The van der Waals surface area contributed by atoms with Crippen LogP contribution in [0.3, 0.4) is 0 Å². The molecule has 0 aliphatic rings. The van der Waals surface area contributed by atoms with Crippen molar-refractivity contribution in [2.75, 3.05) is 20.6 Å². The van der Waals surface area contributed by atoms with E-state index in [0.717, 1.165) is 30.2 Å². The van der Waals surface area contributed by atoms with Gasteiger partial charge in [-0.25, -0.2) is 9.37 Å². The van der Waals surface area contributed by atoms with Gasteiger partial charge in [0.15, 0.2) is 5.96 Å². The highest BCUT2D eigenvalue weighted by Crippen LogP contribution is 2.19. The summed E-state index contributed by atoms with van der Waals surface area (Å²) in [6.45, 7) is 5.68. The van der Waals surface area contributed by atoms with Crippen LogP contribution in [-0.2, 0) is 13.0 Å². The molecule has 0 aliphatic heterocycles. The number of nitrogens with one attached hydrogen (secondary N) is 1. The number of nitrogens with zero attached hydrogens (tertiary/aromatic N) is 3. The fourth-order valence-electron chi connectivity index (χ4n) is 2.37. The maximum Gasteiger partial charge on any atom is 0.193 e. The number of hydrogen-bond donors (Lipinski definition) is 1. The van der Waals surface area contributed by atoms with Crippen molar-refractivity contribution in [2.45, 2.75) is 32.7 Å². The van der Waals surface area contributed by atoms with Gasteiger partial charge in [0.05, 0.1) is 10.7 Å². The van der Waals surface area contributed by atoms with Crippen molar-refractivity contribution in [3.8, 4) is 0 Å². The van der Waals surface area contributed by atoms with E-state index in [1.54, 1.807) is 30.5 Å². The first-order valence-electron chi connectivity index (χ1n) is 8.10. The van der Waals surface area contributed by atoms with Crippen LogP contribution in [0.25, 0.3) is 0 Å². The molecule has 1 heterocycles. The number of benzene rings is 1. The summed E-state index contributed by atoms with van der Waals surface area (Å²) >= 11 is 1.72. The lowest BCUT2D eigenvalue weighted by molar-refractivity contribution is 0.475. The van der Waals surface area contributed by atoms with Crippen molar-refractivity contribution < 1.29 is 4.39 Å². The van der Waals surface area contributed by atoms with E-state index in [-0.39, 0.29) is 29.8 Å². The lowest BCUT2D eigenvalue weighted by Gasteiger charge is -2.22. The Morgan fingerprint density at radius 3 is 2.76 bits per heavy atom. The third-order valence-electron chi connectivity index (χ3n) is 3.61. The number of rotatable bonds is 6. The minimum Gasteiger partial charge on any atom is -0.356 e. The van der Waals surface area contributed by atoms with Gasteiger partial charge in [-0.05, 0) is 17.7 Å². The number of hydrogen-bond acceptors (Lipinski definition) is 3. The standard InChI is InChI=1S/C18H25FN4S.HI/c1-13(2)17-22-16(12-24-17)8-9-21-18(20-3)23(4)11-14-6-5-7-15(19)10-14;/h5-7,10,12-13H,8-9,11H2,1-4H3,(H,20,21);1H. The quantitative estimate of drug-likeness (QED) is 0.385. The van der Waals surface area contributed by atoms with Crippen LogP contribution in [0.2, 0.25) is 0 Å². The Morgan fingerprint density at radius 1 is 1.40 bits per heavy atom. The molecule has 7 heteroatoms. The molecular formula is C18H26FIN4S. The summed E-state index contributed by atoms with van der Waals surface area (Å²) < 4.78 is 13.3. The molecule has 0 bridgehead atoms. The van der Waals surface area contributed by atoms with Crippen molar-refractivity contribution in [3.63, 3.8) is 0 Å². The number of aliphatic imine (C=N–C) groups is 1. The van der Waals surface area contributed by atoms with E-state index >= 15 is 0 Å². The van der Waals surface area contributed by atoms with E-state index in [1.807, 2.05) is 18.0 Å². The van der Waals surface area contributed by atoms with Crippen LogP contribution in [-0.4, -0.2) is 36.5 Å². The molecule has 1 aromatic heterocycles. The van der Waals surface area contributed by atoms with Gasteiger partial charge in [0, 0.05) is 44.9 Å². The first-order chi connectivity index (χ1) is 11.5. The molecule has 0 saturated carbocycles. The lowest BCUT2D eigenvalue weighted by atomic mass is 10.2. The monoisotopic (exact) mass is 476 g/mol. The van der Waals surface area contributed by atoms with Gasteiger partial charge < -0.3 is 10.2 Å². The second-order valence-electron chi connectivity index (χ2n) is 6.04. The summed E-state index contributed by atoms with van der Waals surface area (Å²) in [7, 11) is 3.70. The molecule has 138 valence electrons. The predicted molar refractivity (Wildman–Crippen MR) is 115 cm³/mol. The first-order valence-corrected chi connectivity index (χ1v) is 8.98. The minimum absolute atomic E-state index is 0. The van der Waals surface area contributed by atoms with Gasteiger partial charge >= 0.3 is 0 Å². The molecule has 0 spiro atoms. The third kappa shape index (κ3) is 6.89. The maximum atomic E-state index is 13.3. The normalized spacial score (nSPS) is 11.4. The second kappa shape index (κ2) is 10.7. The van der Waals surface area contributed by atoms with E-state index in [1.165, 1.54) is 11.1 Å². The van der Waals surface area contributed by atoms with Gasteiger partial charge in [-0.15, -0.1) is 35.3 Å². The molecule has 0 unspecified atom stereocenters. The fourth-order valence-corrected chi connectivity index (χ4v) is 3.24. The van der Waals surface area contributed by atoms with Crippen molar-refractivity contribution >= 4 is 41.3 Å². The van der Waals surface area contributed by atoms with Crippen LogP contribution in [0, 0.1) is 5.82 Å². The van der Waals surface area contributed by atoms with E-state index in [0.29, 0.717) is 12.5 Å². The van der Waals surface area contributed by atoms with Crippen molar-refractivity contribution in [2.24, 2.45) is 4.99 Å². The minimum atomic E-state index is -0.215. The Hall–Kier alpha value is -1.22. The summed E-state index contributed by atoms with van der Waals surface area (Å²) in [5.41, 5.74) is 2.03. The molecular weight excluding hydrogens is 450 g/mol. The molecule has 2 rings (SSSR count). The number of halogens is 2. The molecule has 0 radical (unpaired) electrons. The molecule has 0 amide bonds. The SMILES string of the molecule is CN=C(NCCc1csc(C(C)C)n1)N(C)Cc1cccc(F)c1.I.